The van der Waals surface area contributed by atoms with Crippen LogP contribution in [0.2, 0.25) is 0 Å². The van der Waals surface area contributed by atoms with Crippen molar-refractivity contribution < 1.29 is 9.53 Å². The number of ether oxygens (including phenoxy) is 1. The molecule has 1 aromatic carbocycles. The van der Waals surface area contributed by atoms with Crippen molar-refractivity contribution in [2.45, 2.75) is 20.8 Å². The molecule has 1 aromatic rings. The van der Waals surface area contributed by atoms with Crippen LogP contribution < -0.4 is 4.90 Å². The number of rotatable bonds is 6. The molecule has 0 saturated carbocycles. The third-order valence-corrected chi connectivity index (χ3v) is 3.21. The van der Waals surface area contributed by atoms with Crippen molar-refractivity contribution in [2.75, 3.05) is 24.6 Å². The number of carbonyl (C=O) groups is 1. The Bertz CT molecular complexity index is 635. The van der Waals surface area contributed by atoms with Gasteiger partial charge in [-0.15, -0.1) is 0 Å². The third-order valence-electron chi connectivity index (χ3n) is 3.21. The molecule has 0 unspecified atom stereocenters. The summed E-state index contributed by atoms with van der Waals surface area (Å²) in [5.41, 5.74) is 2.92. The number of carbonyl (C=O) groups excluding carboxylic acids is 1. The van der Waals surface area contributed by atoms with Gasteiger partial charge in [-0.25, -0.2) is 0 Å². The van der Waals surface area contributed by atoms with Gasteiger partial charge in [0.2, 0.25) is 0 Å². The second-order valence-corrected chi connectivity index (χ2v) is 4.74. The van der Waals surface area contributed by atoms with Gasteiger partial charge in [0, 0.05) is 19.2 Å². The largest absolute Gasteiger partial charge is 0.464 e. The van der Waals surface area contributed by atoms with Gasteiger partial charge in [0.05, 0.1) is 6.54 Å². The summed E-state index contributed by atoms with van der Waals surface area (Å²) < 4.78 is 4.97. The lowest BCUT2D eigenvalue weighted by Gasteiger charge is -2.23. The van der Waals surface area contributed by atoms with Crippen LogP contribution in [0.4, 0.5) is 5.69 Å². The normalized spacial score (nSPS) is 9.32. The number of likely N-dealkylation sites (N-methyl/N-ethyl adjacent to an activating group) is 1. The smallest absolute Gasteiger partial charge is 0.302 e. The zero-order valence-corrected chi connectivity index (χ0v) is 13.1. The zero-order chi connectivity index (χ0) is 16.5. The Morgan fingerprint density at radius 2 is 2.05 bits per heavy atom. The first-order valence-electron chi connectivity index (χ1n) is 7.02. The molecule has 5 heteroatoms. The number of aryl methyl sites for hydroxylation is 1. The Balaban J connectivity index is 2.91. The Morgan fingerprint density at radius 1 is 1.36 bits per heavy atom. The van der Waals surface area contributed by atoms with Gasteiger partial charge in [-0.2, -0.15) is 10.5 Å². The maximum Gasteiger partial charge on any atom is 0.302 e. The molecule has 0 fully saturated rings. The van der Waals surface area contributed by atoms with E-state index in [-0.39, 0.29) is 11.5 Å². The molecule has 0 aliphatic heterocycles. The topological polar surface area (TPSA) is 77.1 Å². The van der Waals surface area contributed by atoms with E-state index in [1.54, 1.807) is 6.08 Å². The van der Waals surface area contributed by atoms with Crippen molar-refractivity contribution >= 4 is 17.7 Å². The monoisotopic (exact) mass is 297 g/mol. The van der Waals surface area contributed by atoms with E-state index in [4.69, 9.17) is 15.3 Å². The number of benzene rings is 1. The van der Waals surface area contributed by atoms with Gasteiger partial charge in [-0.1, -0.05) is 6.07 Å². The highest BCUT2D eigenvalue weighted by atomic mass is 16.5. The summed E-state index contributed by atoms with van der Waals surface area (Å²) in [5, 5.41) is 17.6. The summed E-state index contributed by atoms with van der Waals surface area (Å²) in [6, 6.07) is 9.52. The fourth-order valence-corrected chi connectivity index (χ4v) is 2.03. The van der Waals surface area contributed by atoms with Crippen LogP contribution in [-0.2, 0) is 9.53 Å². The summed E-state index contributed by atoms with van der Waals surface area (Å²) in [7, 11) is 0. The predicted octanol–water partition coefficient (Wildman–Crippen LogP) is 2.81. The van der Waals surface area contributed by atoms with Crippen LogP contribution >= 0.6 is 0 Å². The van der Waals surface area contributed by atoms with E-state index in [2.05, 4.69) is 4.90 Å². The molecule has 0 spiro atoms. The standard InChI is InChI=1S/C17H19N3O2/c1-4-20(7-8-22-14(3)21)17-6-5-16(13(2)9-17)10-15(11-18)12-19/h5-6,9-10H,4,7-8H2,1-3H3. The van der Waals surface area contributed by atoms with Gasteiger partial charge in [0.25, 0.3) is 0 Å². The quantitative estimate of drug-likeness (QED) is 0.596. The van der Waals surface area contributed by atoms with E-state index in [1.165, 1.54) is 6.92 Å². The second-order valence-electron chi connectivity index (χ2n) is 4.74. The fraction of sp³-hybridized carbons (Fsp3) is 0.353. The highest BCUT2D eigenvalue weighted by Gasteiger charge is 2.07. The van der Waals surface area contributed by atoms with Gasteiger partial charge >= 0.3 is 5.97 Å². The average Bonchev–Trinajstić information content (AvgIpc) is 2.50. The molecule has 0 atom stereocenters. The first-order valence-corrected chi connectivity index (χ1v) is 7.02. The van der Waals surface area contributed by atoms with Crippen LogP contribution in [0.15, 0.2) is 23.8 Å². The number of nitriles is 2. The van der Waals surface area contributed by atoms with E-state index >= 15 is 0 Å². The highest BCUT2D eigenvalue weighted by molar-refractivity contribution is 5.67. The number of esters is 1. The second kappa shape index (κ2) is 8.49. The van der Waals surface area contributed by atoms with Crippen LogP contribution in [0.3, 0.4) is 0 Å². The van der Waals surface area contributed by atoms with Gasteiger partial charge in [-0.05, 0) is 43.2 Å². The summed E-state index contributed by atoms with van der Waals surface area (Å²) >= 11 is 0. The number of allylic oxidation sites excluding steroid dienone is 1. The summed E-state index contributed by atoms with van der Waals surface area (Å²) in [4.78, 5) is 12.9. The van der Waals surface area contributed by atoms with Crippen LogP contribution in [0, 0.1) is 29.6 Å². The number of nitrogens with zero attached hydrogens (tertiary/aromatic N) is 3. The Hall–Kier alpha value is -2.79. The van der Waals surface area contributed by atoms with E-state index in [0.717, 1.165) is 23.4 Å². The molecule has 0 aliphatic carbocycles. The van der Waals surface area contributed by atoms with E-state index in [9.17, 15) is 4.79 Å². The first-order chi connectivity index (χ1) is 10.5. The van der Waals surface area contributed by atoms with Gasteiger partial charge in [0.1, 0.15) is 24.3 Å². The van der Waals surface area contributed by atoms with Crippen molar-refractivity contribution in [3.05, 3.63) is 34.9 Å². The zero-order valence-electron chi connectivity index (χ0n) is 13.1. The van der Waals surface area contributed by atoms with Crippen molar-refractivity contribution in [3.63, 3.8) is 0 Å². The number of anilines is 1. The summed E-state index contributed by atoms with van der Waals surface area (Å²) in [6.07, 6.45) is 1.58. The van der Waals surface area contributed by atoms with Crippen molar-refractivity contribution in [1.29, 1.82) is 10.5 Å². The molecule has 0 bridgehead atoms. The Labute approximate surface area is 131 Å². The predicted molar refractivity (Wildman–Crippen MR) is 84.9 cm³/mol. The van der Waals surface area contributed by atoms with Crippen LogP contribution in [0.1, 0.15) is 25.0 Å². The number of hydrogen-bond donors (Lipinski definition) is 0. The Kier molecular flexibility index (Phi) is 6.66. The molecule has 22 heavy (non-hydrogen) atoms. The molecular weight excluding hydrogens is 278 g/mol. The molecule has 0 N–H and O–H groups in total. The lowest BCUT2D eigenvalue weighted by atomic mass is 10.0. The van der Waals surface area contributed by atoms with E-state index < -0.39 is 0 Å². The van der Waals surface area contributed by atoms with E-state index in [0.29, 0.717) is 13.2 Å². The van der Waals surface area contributed by atoms with E-state index in [1.807, 2.05) is 44.2 Å². The minimum Gasteiger partial charge on any atom is -0.464 e. The SMILES string of the molecule is CCN(CCOC(C)=O)c1ccc(C=C(C#N)C#N)c(C)c1. The van der Waals surface area contributed by atoms with Crippen LogP contribution in [-0.4, -0.2) is 25.7 Å². The van der Waals surface area contributed by atoms with Crippen molar-refractivity contribution in [2.24, 2.45) is 0 Å². The maximum atomic E-state index is 10.8. The maximum absolute atomic E-state index is 10.8. The molecule has 5 nitrogen and oxygen atoms in total. The molecule has 0 saturated heterocycles. The third kappa shape index (κ3) is 4.96. The van der Waals surface area contributed by atoms with Crippen molar-refractivity contribution in [3.8, 4) is 12.1 Å². The van der Waals surface area contributed by atoms with Crippen molar-refractivity contribution in [1.82, 2.24) is 0 Å². The highest BCUT2D eigenvalue weighted by Crippen LogP contribution is 2.21. The molecule has 1 rings (SSSR count). The summed E-state index contributed by atoms with van der Waals surface area (Å²) in [6.45, 7) is 7.10. The van der Waals surface area contributed by atoms with Crippen LogP contribution in [0.5, 0.6) is 0 Å². The average molecular weight is 297 g/mol. The molecule has 0 amide bonds. The lowest BCUT2D eigenvalue weighted by molar-refractivity contribution is -0.140. The molecular formula is C17H19N3O2. The lowest BCUT2D eigenvalue weighted by Crippen LogP contribution is -2.27. The molecule has 114 valence electrons. The van der Waals surface area contributed by atoms with Gasteiger partial charge < -0.3 is 9.64 Å². The van der Waals surface area contributed by atoms with Crippen LogP contribution in [0.25, 0.3) is 6.08 Å². The molecule has 0 aliphatic rings. The first kappa shape index (κ1) is 17.3. The molecule has 0 heterocycles. The minimum absolute atomic E-state index is 0.0815. The minimum atomic E-state index is -0.284. The molecule has 0 radical (unpaired) electrons. The fourth-order valence-electron chi connectivity index (χ4n) is 2.03. The Morgan fingerprint density at radius 3 is 2.55 bits per heavy atom. The van der Waals surface area contributed by atoms with Gasteiger partial charge in [-0.3, -0.25) is 4.79 Å². The summed E-state index contributed by atoms with van der Waals surface area (Å²) in [5.74, 6) is -0.284. The number of hydrogen-bond acceptors (Lipinski definition) is 5. The molecule has 0 aromatic heterocycles. The van der Waals surface area contributed by atoms with Gasteiger partial charge in [0.15, 0.2) is 0 Å².